The van der Waals surface area contributed by atoms with Crippen molar-refractivity contribution in [3.8, 4) is 0 Å². The van der Waals surface area contributed by atoms with Gasteiger partial charge >= 0.3 is 0 Å². The fraction of sp³-hybridized carbons (Fsp3) is 0.600. The van der Waals surface area contributed by atoms with Crippen LogP contribution in [-0.2, 0) is 11.3 Å². The highest BCUT2D eigenvalue weighted by Gasteiger charge is 2.24. The average molecular weight is 457 g/mol. The van der Waals surface area contributed by atoms with E-state index >= 15 is 0 Å². The molecule has 0 amide bonds. The summed E-state index contributed by atoms with van der Waals surface area (Å²) in [5.74, 6) is 0. The highest BCUT2D eigenvalue weighted by Crippen LogP contribution is 2.24. The van der Waals surface area contributed by atoms with Gasteiger partial charge < -0.3 is 19.9 Å². The molecule has 0 atom stereocenters. The Balaban J connectivity index is 1.42. The number of ether oxygens (including phenoxy) is 1. The van der Waals surface area contributed by atoms with E-state index < -0.39 is 0 Å². The minimum Gasteiger partial charge on any atom is -0.379 e. The van der Waals surface area contributed by atoms with Gasteiger partial charge in [-0.15, -0.1) is 0 Å². The fourth-order valence-corrected chi connectivity index (χ4v) is 5.16. The number of aryl methyl sites for hydroxylation is 1. The Labute approximate surface area is 196 Å². The van der Waals surface area contributed by atoms with E-state index in [-0.39, 0.29) is 5.56 Å². The second kappa shape index (κ2) is 11.3. The predicted octanol–water partition coefficient (Wildman–Crippen LogP) is 3.57. The molecule has 2 aliphatic rings. The number of rotatable bonds is 7. The van der Waals surface area contributed by atoms with Gasteiger partial charge in [0.2, 0.25) is 0 Å². The van der Waals surface area contributed by atoms with Gasteiger partial charge in [-0.05, 0) is 68.0 Å². The summed E-state index contributed by atoms with van der Waals surface area (Å²) >= 11 is 5.85. The molecule has 4 rings (SSSR count). The van der Waals surface area contributed by atoms with Crippen molar-refractivity contribution in [3.63, 3.8) is 0 Å². The molecule has 1 saturated heterocycles. The lowest BCUT2D eigenvalue weighted by Crippen LogP contribution is -2.47. The Bertz CT molecular complexity index is 964. The number of pyridine rings is 1. The van der Waals surface area contributed by atoms with Gasteiger partial charge in [-0.2, -0.15) is 0 Å². The number of aromatic amines is 1. The van der Waals surface area contributed by atoms with Crippen molar-refractivity contribution in [1.82, 2.24) is 20.1 Å². The lowest BCUT2D eigenvalue weighted by Gasteiger charge is -2.36. The van der Waals surface area contributed by atoms with Crippen molar-refractivity contribution in [3.05, 3.63) is 45.7 Å². The van der Waals surface area contributed by atoms with Gasteiger partial charge in [-0.1, -0.05) is 31.4 Å². The van der Waals surface area contributed by atoms with E-state index in [1.165, 1.54) is 19.3 Å². The number of morpholine rings is 1. The minimum atomic E-state index is -0.0148. The number of thiocarbonyl (C=S) groups is 1. The molecule has 0 radical (unpaired) electrons. The average Bonchev–Trinajstić information content (AvgIpc) is 2.81. The first-order valence-corrected chi connectivity index (χ1v) is 12.5. The number of hydrogen-bond donors (Lipinski definition) is 2. The van der Waals surface area contributed by atoms with E-state index in [0.29, 0.717) is 12.6 Å². The predicted molar refractivity (Wildman–Crippen MR) is 134 cm³/mol. The van der Waals surface area contributed by atoms with Crippen molar-refractivity contribution >= 4 is 28.2 Å². The number of H-pyrrole nitrogens is 1. The van der Waals surface area contributed by atoms with Crippen LogP contribution in [0.3, 0.4) is 0 Å². The van der Waals surface area contributed by atoms with Gasteiger partial charge in [0.05, 0.1) is 19.8 Å². The Morgan fingerprint density at radius 2 is 2.00 bits per heavy atom. The third kappa shape index (κ3) is 6.09. The van der Waals surface area contributed by atoms with Crippen LogP contribution < -0.4 is 10.9 Å². The van der Waals surface area contributed by atoms with E-state index in [1.807, 2.05) is 19.1 Å². The maximum absolute atomic E-state index is 12.9. The molecule has 1 aromatic carbocycles. The topological polar surface area (TPSA) is 60.6 Å². The Morgan fingerprint density at radius 3 is 2.78 bits per heavy atom. The quantitative estimate of drug-likeness (QED) is 0.491. The first-order valence-electron chi connectivity index (χ1n) is 12.1. The number of fused-ring (bicyclic) bond motifs is 1. The standard InChI is InChI=1S/C25H36N4O2S/c1-19-8-9-20-17-21(24(30)27-23(20)16-19)18-29(22-6-3-2-4-7-22)25(32)26-10-5-11-28-12-14-31-15-13-28/h8-9,16-17,22H,2-7,10-15,18H2,1H3,(H,26,32)(H,27,30). The lowest BCUT2D eigenvalue weighted by molar-refractivity contribution is 0.0375. The van der Waals surface area contributed by atoms with Crippen LogP contribution in [0.15, 0.2) is 29.1 Å². The highest BCUT2D eigenvalue weighted by molar-refractivity contribution is 7.80. The zero-order valence-electron chi connectivity index (χ0n) is 19.2. The maximum atomic E-state index is 12.9. The van der Waals surface area contributed by atoms with Gasteiger partial charge in [0, 0.05) is 36.8 Å². The van der Waals surface area contributed by atoms with E-state index in [1.54, 1.807) is 0 Å². The molecule has 6 nitrogen and oxygen atoms in total. The summed E-state index contributed by atoms with van der Waals surface area (Å²) in [6.07, 6.45) is 7.08. The van der Waals surface area contributed by atoms with Crippen molar-refractivity contribution in [2.75, 3.05) is 39.4 Å². The first kappa shape index (κ1) is 23.2. The van der Waals surface area contributed by atoms with Crippen LogP contribution in [0.4, 0.5) is 0 Å². The van der Waals surface area contributed by atoms with E-state index in [4.69, 9.17) is 17.0 Å². The molecular formula is C25H36N4O2S. The van der Waals surface area contributed by atoms with Crippen molar-refractivity contribution < 1.29 is 4.74 Å². The van der Waals surface area contributed by atoms with Crippen LogP contribution in [0, 0.1) is 6.92 Å². The molecule has 2 aromatic rings. The number of nitrogens with one attached hydrogen (secondary N) is 2. The van der Waals surface area contributed by atoms with Crippen LogP contribution in [0.1, 0.15) is 49.7 Å². The van der Waals surface area contributed by atoms with Crippen molar-refractivity contribution in [2.24, 2.45) is 0 Å². The van der Waals surface area contributed by atoms with Crippen LogP contribution in [0.25, 0.3) is 10.9 Å². The van der Waals surface area contributed by atoms with Gasteiger partial charge in [0.15, 0.2) is 5.11 Å². The van der Waals surface area contributed by atoms with Crippen molar-refractivity contribution in [2.45, 2.75) is 58.0 Å². The molecule has 7 heteroatoms. The second-order valence-electron chi connectivity index (χ2n) is 9.17. The van der Waals surface area contributed by atoms with Gasteiger partial charge in [-0.3, -0.25) is 9.69 Å². The summed E-state index contributed by atoms with van der Waals surface area (Å²) < 4.78 is 5.43. The summed E-state index contributed by atoms with van der Waals surface area (Å²) in [7, 11) is 0. The van der Waals surface area contributed by atoms with Gasteiger partial charge in [0.1, 0.15) is 0 Å². The Kier molecular flexibility index (Phi) is 8.16. The monoisotopic (exact) mass is 456 g/mol. The fourth-order valence-electron chi connectivity index (χ4n) is 4.84. The molecule has 1 saturated carbocycles. The Hall–Kier alpha value is -1.96. The summed E-state index contributed by atoms with van der Waals surface area (Å²) in [4.78, 5) is 20.7. The Morgan fingerprint density at radius 1 is 1.22 bits per heavy atom. The molecule has 2 N–H and O–H groups in total. The summed E-state index contributed by atoms with van der Waals surface area (Å²) in [5.41, 5.74) is 2.81. The molecule has 174 valence electrons. The second-order valence-corrected chi connectivity index (χ2v) is 9.56. The molecule has 0 bridgehead atoms. The molecule has 1 aliphatic carbocycles. The third-order valence-electron chi connectivity index (χ3n) is 6.73. The van der Waals surface area contributed by atoms with Crippen LogP contribution in [0.2, 0.25) is 0 Å². The molecule has 2 fully saturated rings. The molecule has 0 spiro atoms. The van der Waals surface area contributed by atoms with Gasteiger partial charge in [0.25, 0.3) is 5.56 Å². The van der Waals surface area contributed by atoms with Crippen LogP contribution in [0.5, 0.6) is 0 Å². The zero-order valence-corrected chi connectivity index (χ0v) is 20.0. The third-order valence-corrected chi connectivity index (χ3v) is 7.11. The number of nitrogens with zero attached hydrogens (tertiary/aromatic N) is 2. The number of aromatic nitrogens is 1. The summed E-state index contributed by atoms with van der Waals surface area (Å²) in [6, 6.07) is 8.63. The van der Waals surface area contributed by atoms with E-state index in [2.05, 4.69) is 32.2 Å². The molecule has 0 unspecified atom stereocenters. The smallest absolute Gasteiger partial charge is 0.253 e. The first-order chi connectivity index (χ1) is 15.6. The largest absolute Gasteiger partial charge is 0.379 e. The van der Waals surface area contributed by atoms with Gasteiger partial charge in [-0.25, -0.2) is 0 Å². The zero-order chi connectivity index (χ0) is 22.3. The minimum absolute atomic E-state index is 0.0148. The molecular weight excluding hydrogens is 420 g/mol. The summed E-state index contributed by atoms with van der Waals surface area (Å²) in [5, 5.41) is 5.34. The normalized spacial score (nSPS) is 18.0. The molecule has 32 heavy (non-hydrogen) atoms. The molecule has 1 aromatic heterocycles. The maximum Gasteiger partial charge on any atom is 0.253 e. The summed E-state index contributed by atoms with van der Waals surface area (Å²) in [6.45, 7) is 8.21. The lowest BCUT2D eigenvalue weighted by atomic mass is 9.94. The van der Waals surface area contributed by atoms with Crippen LogP contribution in [-0.4, -0.2) is 65.3 Å². The van der Waals surface area contributed by atoms with E-state index in [0.717, 1.165) is 85.8 Å². The van der Waals surface area contributed by atoms with Crippen molar-refractivity contribution in [1.29, 1.82) is 0 Å². The molecule has 2 heterocycles. The van der Waals surface area contributed by atoms with E-state index in [9.17, 15) is 4.79 Å². The number of hydrogen-bond acceptors (Lipinski definition) is 4. The molecule has 1 aliphatic heterocycles. The number of benzene rings is 1. The van der Waals surface area contributed by atoms with Crippen LogP contribution >= 0.6 is 12.2 Å². The SMILES string of the molecule is Cc1ccc2cc(CN(C(=S)NCCCN3CCOCC3)C3CCCCC3)c(=O)[nH]c2c1. The highest BCUT2D eigenvalue weighted by atomic mass is 32.1.